The number of rotatable bonds is 6. The number of hydrogen-bond donors (Lipinski definition) is 1. The van der Waals surface area contributed by atoms with Crippen LogP contribution in [0.4, 0.5) is 11.4 Å². The van der Waals surface area contributed by atoms with Crippen molar-refractivity contribution < 1.29 is 0 Å². The van der Waals surface area contributed by atoms with Gasteiger partial charge in [-0.3, -0.25) is 0 Å². The summed E-state index contributed by atoms with van der Waals surface area (Å²) in [6, 6.07) is 18.2. The molecule has 21 heavy (non-hydrogen) atoms. The monoisotopic (exact) mass is 343 g/mol. The molecule has 0 spiro atoms. The average Bonchev–Trinajstić information content (AvgIpc) is 2.52. The molecule has 2 rings (SSSR count). The molecular weight excluding hydrogens is 326 g/mol. The highest BCUT2D eigenvalue weighted by atomic mass is 79.9. The highest BCUT2D eigenvalue weighted by molar-refractivity contribution is 9.10. The van der Waals surface area contributed by atoms with Gasteiger partial charge < -0.3 is 10.2 Å². The molecule has 0 saturated heterocycles. The van der Waals surface area contributed by atoms with Crippen LogP contribution < -0.4 is 10.2 Å². The smallest absolute Gasteiger partial charge is 0.101 e. The summed E-state index contributed by atoms with van der Waals surface area (Å²) in [5.41, 5.74) is 2.78. The fourth-order valence-corrected chi connectivity index (χ4v) is 2.47. The van der Waals surface area contributed by atoms with Crippen molar-refractivity contribution in [3.05, 3.63) is 58.6 Å². The van der Waals surface area contributed by atoms with Crippen LogP contribution in [0.5, 0.6) is 0 Å². The summed E-state index contributed by atoms with van der Waals surface area (Å²) >= 11 is 3.43. The number of halogens is 1. The van der Waals surface area contributed by atoms with Crippen molar-refractivity contribution in [2.75, 3.05) is 30.4 Å². The second-order valence-corrected chi connectivity index (χ2v) is 5.75. The Morgan fingerprint density at radius 3 is 2.67 bits per heavy atom. The van der Waals surface area contributed by atoms with E-state index in [1.165, 1.54) is 5.69 Å². The zero-order valence-electron chi connectivity index (χ0n) is 12.0. The van der Waals surface area contributed by atoms with Crippen LogP contribution in [0, 0.1) is 11.3 Å². The van der Waals surface area contributed by atoms with Gasteiger partial charge in [0.15, 0.2) is 0 Å². The predicted octanol–water partition coefficient (Wildman–Crippen LogP) is 4.26. The van der Waals surface area contributed by atoms with Crippen LogP contribution in [0.1, 0.15) is 12.0 Å². The Hall–Kier alpha value is -1.99. The first-order chi connectivity index (χ1) is 10.2. The molecule has 0 aromatic heterocycles. The first kappa shape index (κ1) is 15.4. The first-order valence-corrected chi connectivity index (χ1v) is 7.69. The van der Waals surface area contributed by atoms with Gasteiger partial charge in [-0.2, -0.15) is 5.26 Å². The van der Waals surface area contributed by atoms with Crippen LogP contribution in [0.2, 0.25) is 0 Å². The number of hydrogen-bond acceptors (Lipinski definition) is 3. The van der Waals surface area contributed by atoms with Gasteiger partial charge in [-0.25, -0.2) is 0 Å². The largest absolute Gasteiger partial charge is 0.384 e. The summed E-state index contributed by atoms with van der Waals surface area (Å²) in [6.07, 6.45) is 1.00. The number of para-hydroxylation sites is 1. The van der Waals surface area contributed by atoms with Gasteiger partial charge in [0, 0.05) is 30.3 Å². The van der Waals surface area contributed by atoms with Crippen LogP contribution >= 0.6 is 15.9 Å². The van der Waals surface area contributed by atoms with Crippen molar-refractivity contribution in [3.63, 3.8) is 0 Å². The summed E-state index contributed by atoms with van der Waals surface area (Å²) in [4.78, 5) is 2.23. The third-order valence-corrected chi connectivity index (χ3v) is 3.78. The number of nitrogens with zero attached hydrogens (tertiary/aromatic N) is 2. The van der Waals surface area contributed by atoms with E-state index >= 15 is 0 Å². The lowest BCUT2D eigenvalue weighted by atomic mass is 10.2. The summed E-state index contributed by atoms with van der Waals surface area (Å²) in [5.74, 6) is 0. The van der Waals surface area contributed by atoms with Gasteiger partial charge in [-0.1, -0.05) is 34.1 Å². The van der Waals surface area contributed by atoms with E-state index in [9.17, 15) is 0 Å². The maximum absolute atomic E-state index is 9.09. The molecule has 4 heteroatoms. The van der Waals surface area contributed by atoms with Gasteiger partial charge in [0.1, 0.15) is 6.07 Å². The fourth-order valence-electron chi connectivity index (χ4n) is 2.11. The van der Waals surface area contributed by atoms with Gasteiger partial charge >= 0.3 is 0 Å². The lowest BCUT2D eigenvalue weighted by Crippen LogP contribution is -2.20. The molecule has 0 saturated carbocycles. The molecule has 2 aromatic carbocycles. The second-order valence-electron chi connectivity index (χ2n) is 4.84. The zero-order chi connectivity index (χ0) is 15.1. The summed E-state index contributed by atoms with van der Waals surface area (Å²) in [6.45, 7) is 1.80. The average molecular weight is 344 g/mol. The Morgan fingerprint density at radius 2 is 1.95 bits per heavy atom. The molecule has 0 fully saturated rings. The zero-order valence-corrected chi connectivity index (χ0v) is 13.6. The normalized spacial score (nSPS) is 9.95. The van der Waals surface area contributed by atoms with Crippen LogP contribution in [-0.4, -0.2) is 20.1 Å². The standard InChI is InChI=1S/C17H18BrN3/c1-21(16-6-3-2-4-7-16)11-5-10-20-17-12-15(18)9-8-14(17)13-19/h2-4,6-9,12,20H,5,10-11H2,1H3. The molecule has 0 aliphatic carbocycles. The van der Waals surface area contributed by atoms with Crippen LogP contribution in [-0.2, 0) is 0 Å². The van der Waals surface area contributed by atoms with Crippen molar-refractivity contribution in [1.29, 1.82) is 5.26 Å². The summed E-state index contributed by atoms with van der Waals surface area (Å²) in [7, 11) is 2.09. The van der Waals surface area contributed by atoms with E-state index in [1.807, 2.05) is 36.4 Å². The first-order valence-electron chi connectivity index (χ1n) is 6.90. The Morgan fingerprint density at radius 1 is 1.19 bits per heavy atom. The molecule has 0 radical (unpaired) electrons. The Labute approximate surface area is 134 Å². The Bertz CT molecular complexity index is 620. The van der Waals surface area contributed by atoms with Crippen LogP contribution in [0.25, 0.3) is 0 Å². The van der Waals surface area contributed by atoms with E-state index in [0.717, 1.165) is 29.7 Å². The van der Waals surface area contributed by atoms with E-state index in [2.05, 4.69) is 51.4 Å². The summed E-state index contributed by atoms with van der Waals surface area (Å²) < 4.78 is 0.977. The van der Waals surface area contributed by atoms with E-state index in [1.54, 1.807) is 0 Å². The van der Waals surface area contributed by atoms with Crippen molar-refractivity contribution in [1.82, 2.24) is 0 Å². The van der Waals surface area contributed by atoms with E-state index in [0.29, 0.717) is 5.56 Å². The molecule has 0 bridgehead atoms. The maximum atomic E-state index is 9.09. The Balaban J connectivity index is 1.83. The highest BCUT2D eigenvalue weighted by Crippen LogP contribution is 2.20. The number of benzene rings is 2. The molecule has 0 unspecified atom stereocenters. The third kappa shape index (κ3) is 4.51. The van der Waals surface area contributed by atoms with Crippen LogP contribution in [0.15, 0.2) is 53.0 Å². The van der Waals surface area contributed by atoms with Crippen molar-refractivity contribution >= 4 is 27.3 Å². The molecule has 0 aliphatic heterocycles. The molecule has 0 atom stereocenters. The van der Waals surface area contributed by atoms with Gasteiger partial charge in [0.25, 0.3) is 0 Å². The van der Waals surface area contributed by atoms with Crippen molar-refractivity contribution in [3.8, 4) is 6.07 Å². The van der Waals surface area contributed by atoms with Gasteiger partial charge in [-0.15, -0.1) is 0 Å². The second kappa shape index (κ2) is 7.70. The number of anilines is 2. The SMILES string of the molecule is CN(CCCNc1cc(Br)ccc1C#N)c1ccccc1. The van der Waals surface area contributed by atoms with E-state index in [4.69, 9.17) is 5.26 Å². The molecule has 0 aliphatic rings. The Kier molecular flexibility index (Phi) is 5.65. The number of nitriles is 1. The quantitative estimate of drug-likeness (QED) is 0.796. The molecular formula is C17H18BrN3. The molecule has 0 amide bonds. The fraction of sp³-hybridized carbons (Fsp3) is 0.235. The van der Waals surface area contributed by atoms with E-state index < -0.39 is 0 Å². The van der Waals surface area contributed by atoms with Gasteiger partial charge in [0.2, 0.25) is 0 Å². The maximum Gasteiger partial charge on any atom is 0.101 e. The molecule has 1 N–H and O–H groups in total. The lowest BCUT2D eigenvalue weighted by molar-refractivity contribution is 0.816. The van der Waals surface area contributed by atoms with Crippen molar-refractivity contribution in [2.45, 2.75) is 6.42 Å². The number of nitrogens with one attached hydrogen (secondary N) is 1. The minimum absolute atomic E-state index is 0.676. The van der Waals surface area contributed by atoms with Crippen molar-refractivity contribution in [2.24, 2.45) is 0 Å². The highest BCUT2D eigenvalue weighted by Gasteiger charge is 2.03. The summed E-state index contributed by atoms with van der Waals surface area (Å²) in [5, 5.41) is 12.4. The molecule has 0 heterocycles. The minimum atomic E-state index is 0.676. The van der Waals surface area contributed by atoms with E-state index in [-0.39, 0.29) is 0 Å². The molecule has 3 nitrogen and oxygen atoms in total. The minimum Gasteiger partial charge on any atom is -0.384 e. The predicted molar refractivity (Wildman–Crippen MR) is 91.7 cm³/mol. The molecule has 108 valence electrons. The lowest BCUT2D eigenvalue weighted by Gasteiger charge is -2.19. The molecule has 2 aromatic rings. The van der Waals surface area contributed by atoms with Gasteiger partial charge in [0.05, 0.1) is 11.3 Å². The topological polar surface area (TPSA) is 39.1 Å². The van der Waals surface area contributed by atoms with Crippen LogP contribution in [0.3, 0.4) is 0 Å². The van der Waals surface area contributed by atoms with Gasteiger partial charge in [-0.05, 0) is 36.8 Å². The third-order valence-electron chi connectivity index (χ3n) is 3.28.